The molecule has 1 aliphatic rings. The highest BCUT2D eigenvalue weighted by atomic mass is 35.5. The molecule has 0 saturated carbocycles. The standard InChI is InChI=1S/C15H13ClF3N3O5/c1-2-26-13(24)7-27-21-10-5-8(3-4-9(10)16)22-12(23)6-11(15(17,18)19)20-14(22)25/h3-4,6H,2,5,7H2,1H3,(H,20,25). The van der Waals surface area contributed by atoms with Gasteiger partial charge in [-0.05, 0) is 19.1 Å². The van der Waals surface area contributed by atoms with Crippen LogP contribution in [0.25, 0.3) is 5.70 Å². The fourth-order valence-corrected chi connectivity index (χ4v) is 2.26. The smallest absolute Gasteiger partial charge is 0.431 e. The van der Waals surface area contributed by atoms with Gasteiger partial charge in [0.2, 0.25) is 6.61 Å². The lowest BCUT2D eigenvalue weighted by atomic mass is 10.1. The molecule has 27 heavy (non-hydrogen) atoms. The summed E-state index contributed by atoms with van der Waals surface area (Å²) in [4.78, 5) is 41.5. The van der Waals surface area contributed by atoms with E-state index >= 15 is 0 Å². The van der Waals surface area contributed by atoms with Crippen molar-refractivity contribution in [2.45, 2.75) is 19.5 Å². The number of halogens is 4. The zero-order valence-electron chi connectivity index (χ0n) is 13.8. The molecule has 1 N–H and O–H groups in total. The molecule has 1 heterocycles. The Balaban J connectivity index is 2.27. The third kappa shape index (κ3) is 5.09. The molecule has 0 spiro atoms. The van der Waals surface area contributed by atoms with Crippen LogP contribution in [0.2, 0.25) is 0 Å². The molecule has 2 rings (SSSR count). The van der Waals surface area contributed by atoms with Crippen molar-refractivity contribution in [3.8, 4) is 0 Å². The third-order valence-corrected chi connectivity index (χ3v) is 3.58. The fraction of sp³-hybridized carbons (Fsp3) is 0.333. The molecule has 1 aromatic rings. The van der Waals surface area contributed by atoms with Gasteiger partial charge in [0.1, 0.15) is 11.4 Å². The van der Waals surface area contributed by atoms with E-state index in [2.05, 4.69) is 9.89 Å². The van der Waals surface area contributed by atoms with Gasteiger partial charge in [-0.2, -0.15) is 13.2 Å². The third-order valence-electron chi connectivity index (χ3n) is 3.23. The van der Waals surface area contributed by atoms with E-state index in [0.29, 0.717) is 4.57 Å². The molecule has 146 valence electrons. The van der Waals surface area contributed by atoms with E-state index in [0.717, 1.165) is 0 Å². The van der Waals surface area contributed by atoms with Gasteiger partial charge in [0.15, 0.2) is 0 Å². The van der Waals surface area contributed by atoms with E-state index in [9.17, 15) is 27.6 Å². The van der Waals surface area contributed by atoms with Crippen molar-refractivity contribution in [1.82, 2.24) is 9.55 Å². The van der Waals surface area contributed by atoms with Gasteiger partial charge in [-0.25, -0.2) is 14.2 Å². The Bertz CT molecular complexity index is 912. The van der Waals surface area contributed by atoms with E-state index in [-0.39, 0.29) is 35.5 Å². The van der Waals surface area contributed by atoms with Crippen molar-refractivity contribution in [2.24, 2.45) is 5.16 Å². The summed E-state index contributed by atoms with van der Waals surface area (Å²) >= 11 is 5.94. The van der Waals surface area contributed by atoms with E-state index in [1.54, 1.807) is 11.9 Å². The average Bonchev–Trinajstić information content (AvgIpc) is 2.56. The molecule has 0 bridgehead atoms. The number of carbonyl (C=O) groups excluding carboxylic acids is 1. The Hall–Kier alpha value is -2.82. The number of esters is 1. The van der Waals surface area contributed by atoms with Crippen molar-refractivity contribution >= 4 is 29.0 Å². The van der Waals surface area contributed by atoms with E-state index in [1.165, 1.54) is 12.2 Å². The minimum absolute atomic E-state index is 0.0258. The molecule has 0 radical (unpaired) electrons. The maximum atomic E-state index is 12.7. The molecule has 0 saturated heterocycles. The summed E-state index contributed by atoms with van der Waals surface area (Å²) in [7, 11) is 0. The SMILES string of the molecule is CCOC(=O)CON=C1CC(n2c(=O)cc(C(F)(F)F)[nH]c2=O)=CC=C1Cl. The fourth-order valence-electron chi connectivity index (χ4n) is 2.10. The minimum atomic E-state index is -4.87. The van der Waals surface area contributed by atoms with Gasteiger partial charge in [0.05, 0.1) is 11.6 Å². The number of hydrogen-bond donors (Lipinski definition) is 1. The minimum Gasteiger partial charge on any atom is -0.463 e. The number of H-pyrrole nitrogens is 1. The number of aromatic amines is 1. The van der Waals surface area contributed by atoms with Crippen molar-refractivity contribution in [1.29, 1.82) is 0 Å². The normalized spacial score (nSPS) is 16.0. The topological polar surface area (TPSA) is 103 Å². The van der Waals surface area contributed by atoms with Crippen LogP contribution in [0.3, 0.4) is 0 Å². The summed E-state index contributed by atoms with van der Waals surface area (Å²) in [6.45, 7) is 1.29. The monoisotopic (exact) mass is 407 g/mol. The van der Waals surface area contributed by atoms with Crippen LogP contribution in [0.1, 0.15) is 19.0 Å². The lowest BCUT2D eigenvalue weighted by Gasteiger charge is -2.15. The van der Waals surface area contributed by atoms with Crippen LogP contribution < -0.4 is 11.2 Å². The molecule has 12 heteroatoms. The van der Waals surface area contributed by atoms with Crippen LogP contribution in [-0.4, -0.2) is 34.4 Å². The number of nitrogens with one attached hydrogen (secondary N) is 1. The van der Waals surface area contributed by atoms with E-state index in [4.69, 9.17) is 16.4 Å². The highest BCUT2D eigenvalue weighted by molar-refractivity contribution is 6.44. The maximum absolute atomic E-state index is 12.7. The van der Waals surface area contributed by atoms with Crippen molar-refractivity contribution in [3.63, 3.8) is 0 Å². The van der Waals surface area contributed by atoms with Crippen molar-refractivity contribution < 1.29 is 27.5 Å². The maximum Gasteiger partial charge on any atom is 0.431 e. The second-order valence-electron chi connectivity index (χ2n) is 5.13. The second kappa shape index (κ2) is 8.25. The molecular weight excluding hydrogens is 395 g/mol. The average molecular weight is 408 g/mol. The first-order valence-corrected chi connectivity index (χ1v) is 7.86. The summed E-state index contributed by atoms with van der Waals surface area (Å²) in [5.74, 6) is -0.663. The number of aromatic nitrogens is 2. The van der Waals surface area contributed by atoms with Crippen LogP contribution in [-0.2, 0) is 20.5 Å². The van der Waals surface area contributed by atoms with Crippen LogP contribution >= 0.6 is 11.6 Å². The van der Waals surface area contributed by atoms with Crippen molar-refractivity contribution in [3.05, 3.63) is 49.8 Å². The molecule has 0 aromatic carbocycles. The molecule has 0 atom stereocenters. The Morgan fingerprint density at radius 3 is 2.67 bits per heavy atom. The molecule has 8 nitrogen and oxygen atoms in total. The number of nitrogens with zero attached hydrogens (tertiary/aromatic N) is 2. The van der Waals surface area contributed by atoms with Gasteiger partial charge in [0, 0.05) is 18.2 Å². The Labute approximate surface area is 154 Å². The van der Waals surface area contributed by atoms with Gasteiger partial charge in [-0.3, -0.25) is 4.79 Å². The van der Waals surface area contributed by atoms with Gasteiger partial charge >= 0.3 is 17.8 Å². The van der Waals surface area contributed by atoms with Gasteiger partial charge in [-0.15, -0.1) is 0 Å². The predicted molar refractivity (Wildman–Crippen MR) is 89.2 cm³/mol. The first-order chi connectivity index (χ1) is 12.6. The lowest BCUT2D eigenvalue weighted by molar-refractivity contribution is -0.148. The van der Waals surface area contributed by atoms with Crippen LogP contribution in [0, 0.1) is 0 Å². The number of rotatable bonds is 5. The molecular formula is C15H13ClF3N3O5. The van der Waals surface area contributed by atoms with Gasteiger partial charge < -0.3 is 14.6 Å². The molecule has 0 fully saturated rings. The quantitative estimate of drug-likeness (QED) is 0.593. The summed E-state index contributed by atoms with van der Waals surface area (Å²) < 4.78 is 43.2. The molecule has 1 aliphatic carbocycles. The second-order valence-corrected chi connectivity index (χ2v) is 5.53. The molecule has 0 unspecified atom stereocenters. The summed E-state index contributed by atoms with van der Waals surface area (Å²) in [6, 6.07) is 0.274. The van der Waals surface area contributed by atoms with E-state index in [1.807, 2.05) is 0 Å². The Kier molecular flexibility index (Phi) is 6.26. The number of oxime groups is 1. The van der Waals surface area contributed by atoms with Crippen LogP contribution in [0.4, 0.5) is 13.2 Å². The zero-order valence-corrected chi connectivity index (χ0v) is 14.6. The Morgan fingerprint density at radius 2 is 2.07 bits per heavy atom. The predicted octanol–water partition coefficient (Wildman–Crippen LogP) is 1.86. The van der Waals surface area contributed by atoms with E-state index < -0.39 is 35.7 Å². The summed E-state index contributed by atoms with van der Waals surface area (Å²) in [6.07, 6.45) is -2.48. The number of ether oxygens (including phenoxy) is 1. The highest BCUT2D eigenvalue weighted by Gasteiger charge is 2.33. The van der Waals surface area contributed by atoms with Crippen molar-refractivity contribution in [2.75, 3.05) is 13.2 Å². The number of hydrogen-bond acceptors (Lipinski definition) is 6. The summed E-state index contributed by atoms with van der Waals surface area (Å²) in [5.41, 5.74) is -3.79. The first-order valence-electron chi connectivity index (χ1n) is 7.48. The highest BCUT2D eigenvalue weighted by Crippen LogP contribution is 2.26. The number of carbonyl (C=O) groups is 1. The van der Waals surface area contributed by atoms with Gasteiger partial charge in [-0.1, -0.05) is 16.8 Å². The molecule has 1 aromatic heterocycles. The number of alkyl halides is 3. The Morgan fingerprint density at radius 1 is 1.37 bits per heavy atom. The number of allylic oxidation sites excluding steroid dienone is 4. The molecule has 0 aliphatic heterocycles. The largest absolute Gasteiger partial charge is 0.463 e. The first kappa shape index (κ1) is 20.5. The van der Waals surface area contributed by atoms with Crippen LogP contribution in [0.15, 0.2) is 38.0 Å². The lowest BCUT2D eigenvalue weighted by Crippen LogP contribution is -2.37. The zero-order chi connectivity index (χ0) is 20.2. The molecule has 0 amide bonds. The van der Waals surface area contributed by atoms with Crippen LogP contribution in [0.5, 0.6) is 0 Å². The summed E-state index contributed by atoms with van der Waals surface area (Å²) in [5, 5.41) is 3.76. The van der Waals surface area contributed by atoms with Gasteiger partial charge in [0.25, 0.3) is 5.56 Å².